The van der Waals surface area contributed by atoms with E-state index in [-0.39, 0.29) is 0 Å². The second-order valence-electron chi connectivity index (χ2n) is 6.05. The average Bonchev–Trinajstić information content (AvgIpc) is 2.50. The number of allylic oxidation sites excluding steroid dienone is 1. The van der Waals surface area contributed by atoms with E-state index in [9.17, 15) is 4.79 Å². The van der Waals surface area contributed by atoms with Gasteiger partial charge in [0.25, 0.3) is 0 Å². The van der Waals surface area contributed by atoms with E-state index in [0.717, 1.165) is 19.4 Å². The lowest BCUT2D eigenvalue weighted by Crippen LogP contribution is -2.20. The molecule has 0 N–H and O–H groups in total. The molecule has 0 rings (SSSR count). The van der Waals surface area contributed by atoms with Gasteiger partial charge in [0.15, 0.2) is 0 Å². The van der Waals surface area contributed by atoms with E-state index in [1.54, 1.807) is 6.08 Å². The molecule has 0 aliphatic heterocycles. The minimum Gasteiger partial charge on any atom is -0.377 e. The first-order valence-electron chi connectivity index (χ1n) is 9.21. The van der Waals surface area contributed by atoms with Crippen molar-refractivity contribution in [1.29, 1.82) is 0 Å². The summed E-state index contributed by atoms with van der Waals surface area (Å²) in [6.45, 7) is 6.72. The molecule has 0 radical (unpaired) electrons. The number of hydrogen-bond acceptors (Lipinski definition) is 2. The number of carbonyl (C=O) groups is 1. The van der Waals surface area contributed by atoms with E-state index < -0.39 is 0 Å². The quantitative estimate of drug-likeness (QED) is 0.206. The van der Waals surface area contributed by atoms with Crippen LogP contribution in [0.15, 0.2) is 12.3 Å². The monoisotopic (exact) mass is 295 g/mol. The van der Waals surface area contributed by atoms with Crippen LogP contribution < -0.4 is 0 Å². The lowest BCUT2D eigenvalue weighted by atomic mass is 10.1. The Hall–Kier alpha value is -0.790. The second kappa shape index (κ2) is 17.3. The number of rotatable bonds is 16. The summed E-state index contributed by atoms with van der Waals surface area (Å²) >= 11 is 0. The van der Waals surface area contributed by atoms with Gasteiger partial charge in [-0.25, -0.2) is 0 Å². The summed E-state index contributed by atoms with van der Waals surface area (Å²) in [5.41, 5.74) is 0. The Morgan fingerprint density at radius 2 is 1.10 bits per heavy atom. The molecule has 0 saturated carbocycles. The summed E-state index contributed by atoms with van der Waals surface area (Å²) in [6, 6.07) is 0. The lowest BCUT2D eigenvalue weighted by Gasteiger charge is -2.20. The molecule has 0 atom stereocenters. The highest BCUT2D eigenvalue weighted by molar-refractivity contribution is 5.64. The molecule has 0 unspecified atom stereocenters. The van der Waals surface area contributed by atoms with E-state index in [1.165, 1.54) is 77.0 Å². The van der Waals surface area contributed by atoms with Crippen LogP contribution in [0.25, 0.3) is 0 Å². The number of unbranched alkanes of at least 4 members (excludes halogenated alkanes) is 10. The first-order chi connectivity index (χ1) is 10.3. The van der Waals surface area contributed by atoms with E-state index in [4.69, 9.17) is 0 Å². The molecule has 0 bridgehead atoms. The van der Waals surface area contributed by atoms with Crippen LogP contribution in [0.4, 0.5) is 0 Å². The molecule has 2 heteroatoms. The lowest BCUT2D eigenvalue weighted by molar-refractivity contribution is -0.104. The zero-order chi connectivity index (χ0) is 15.6. The highest BCUT2D eigenvalue weighted by Crippen LogP contribution is 2.09. The Bertz CT molecular complexity index is 222. The van der Waals surface area contributed by atoms with Crippen molar-refractivity contribution >= 4 is 6.29 Å². The van der Waals surface area contributed by atoms with E-state index in [0.29, 0.717) is 0 Å². The van der Waals surface area contributed by atoms with Crippen molar-refractivity contribution in [2.24, 2.45) is 0 Å². The fourth-order valence-electron chi connectivity index (χ4n) is 2.61. The largest absolute Gasteiger partial charge is 0.377 e. The molecular weight excluding hydrogens is 258 g/mol. The standard InChI is InChI=1S/C19H37NO/c1-3-5-7-9-11-13-16-20(18-15-19-21)17-14-12-10-8-6-4-2/h15,18-19H,3-14,16-17H2,1-2H3. The number of hydrogen-bond donors (Lipinski definition) is 0. The van der Waals surface area contributed by atoms with Gasteiger partial charge in [-0.1, -0.05) is 78.1 Å². The molecule has 0 spiro atoms. The minimum atomic E-state index is 0.884. The molecule has 0 saturated heterocycles. The van der Waals surface area contributed by atoms with Crippen molar-refractivity contribution in [1.82, 2.24) is 4.90 Å². The molecule has 0 amide bonds. The van der Waals surface area contributed by atoms with Crippen molar-refractivity contribution in [2.45, 2.75) is 90.9 Å². The zero-order valence-electron chi connectivity index (χ0n) is 14.5. The number of nitrogens with zero attached hydrogens (tertiary/aromatic N) is 1. The van der Waals surface area contributed by atoms with Crippen molar-refractivity contribution in [2.75, 3.05) is 13.1 Å². The zero-order valence-corrected chi connectivity index (χ0v) is 14.5. The molecule has 0 fully saturated rings. The van der Waals surface area contributed by atoms with E-state index in [1.807, 2.05) is 6.20 Å². The summed E-state index contributed by atoms with van der Waals surface area (Å²) in [6.07, 6.45) is 20.5. The number of aldehydes is 1. The predicted molar refractivity (Wildman–Crippen MR) is 93.5 cm³/mol. The molecule has 0 aromatic heterocycles. The fraction of sp³-hybridized carbons (Fsp3) is 0.842. The van der Waals surface area contributed by atoms with Gasteiger partial charge in [0.2, 0.25) is 0 Å². The van der Waals surface area contributed by atoms with Gasteiger partial charge in [-0.15, -0.1) is 0 Å². The first kappa shape index (κ1) is 20.2. The second-order valence-corrected chi connectivity index (χ2v) is 6.05. The Balaban J connectivity index is 3.67. The van der Waals surface area contributed by atoms with E-state index >= 15 is 0 Å². The first-order valence-corrected chi connectivity index (χ1v) is 9.21. The van der Waals surface area contributed by atoms with Crippen molar-refractivity contribution in [3.8, 4) is 0 Å². The highest BCUT2D eigenvalue weighted by Gasteiger charge is 2.00. The van der Waals surface area contributed by atoms with Crippen LogP contribution in [-0.2, 0) is 4.79 Å². The SMILES string of the molecule is CCCCCCCCN(C=CC=O)CCCCCCCC. The number of carbonyl (C=O) groups excluding carboxylic acids is 1. The topological polar surface area (TPSA) is 20.3 Å². The highest BCUT2D eigenvalue weighted by atomic mass is 16.1. The summed E-state index contributed by atoms with van der Waals surface area (Å²) < 4.78 is 0. The molecule has 0 aromatic carbocycles. The van der Waals surface area contributed by atoms with Gasteiger partial charge < -0.3 is 4.90 Å². The van der Waals surface area contributed by atoms with Gasteiger partial charge in [-0.05, 0) is 18.9 Å². The van der Waals surface area contributed by atoms with Gasteiger partial charge in [0, 0.05) is 19.3 Å². The van der Waals surface area contributed by atoms with Gasteiger partial charge in [0.05, 0.1) is 0 Å². The third-order valence-electron chi connectivity index (χ3n) is 3.97. The maximum atomic E-state index is 10.5. The maximum absolute atomic E-state index is 10.5. The van der Waals surface area contributed by atoms with Crippen LogP contribution in [0.2, 0.25) is 0 Å². The summed E-state index contributed by atoms with van der Waals surface area (Å²) in [5, 5.41) is 0. The summed E-state index contributed by atoms with van der Waals surface area (Å²) in [7, 11) is 0. The van der Waals surface area contributed by atoms with Crippen molar-refractivity contribution in [3.63, 3.8) is 0 Å². The normalized spacial score (nSPS) is 11.1. The molecule has 0 aliphatic carbocycles. The molecule has 0 heterocycles. The smallest absolute Gasteiger partial charge is 0.144 e. The molecule has 2 nitrogen and oxygen atoms in total. The van der Waals surface area contributed by atoms with Crippen LogP contribution in [0, 0.1) is 0 Å². The third kappa shape index (κ3) is 15.4. The molecule has 0 aliphatic rings. The minimum absolute atomic E-state index is 0.884. The Morgan fingerprint density at radius 3 is 1.52 bits per heavy atom. The van der Waals surface area contributed by atoms with Crippen molar-refractivity contribution in [3.05, 3.63) is 12.3 Å². The van der Waals surface area contributed by atoms with Crippen LogP contribution >= 0.6 is 0 Å². The molecule has 0 aromatic rings. The van der Waals surface area contributed by atoms with Crippen LogP contribution in [0.1, 0.15) is 90.9 Å². The van der Waals surface area contributed by atoms with E-state index in [2.05, 4.69) is 18.7 Å². The molecule has 21 heavy (non-hydrogen) atoms. The fourth-order valence-corrected chi connectivity index (χ4v) is 2.61. The van der Waals surface area contributed by atoms with Crippen LogP contribution in [0.3, 0.4) is 0 Å². The van der Waals surface area contributed by atoms with Gasteiger partial charge in [-0.2, -0.15) is 0 Å². The summed E-state index contributed by atoms with van der Waals surface area (Å²) in [5.74, 6) is 0. The Morgan fingerprint density at radius 1 is 0.667 bits per heavy atom. The maximum Gasteiger partial charge on any atom is 0.144 e. The third-order valence-corrected chi connectivity index (χ3v) is 3.97. The van der Waals surface area contributed by atoms with Gasteiger partial charge in [-0.3, -0.25) is 4.79 Å². The van der Waals surface area contributed by atoms with Gasteiger partial charge in [0.1, 0.15) is 6.29 Å². The predicted octanol–water partition coefficient (Wildman–Crippen LogP) is 5.72. The van der Waals surface area contributed by atoms with Crippen LogP contribution in [-0.4, -0.2) is 24.3 Å². The van der Waals surface area contributed by atoms with Crippen LogP contribution in [0.5, 0.6) is 0 Å². The average molecular weight is 296 g/mol. The van der Waals surface area contributed by atoms with Gasteiger partial charge >= 0.3 is 0 Å². The van der Waals surface area contributed by atoms with Crippen molar-refractivity contribution < 1.29 is 4.79 Å². The Labute approximate surface area is 133 Å². The Kier molecular flexibility index (Phi) is 16.6. The molecular formula is C19H37NO. The summed E-state index contributed by atoms with van der Waals surface area (Å²) in [4.78, 5) is 12.8. The molecule has 124 valence electrons.